The molecule has 0 spiro atoms. The molecule has 1 heterocycles. The van der Waals surface area contributed by atoms with Crippen LogP contribution >= 0.6 is 35.4 Å². The van der Waals surface area contributed by atoms with Crippen LogP contribution in [0.5, 0.6) is 5.75 Å². The number of hydrogen-bond acceptors (Lipinski definition) is 4. The Morgan fingerprint density at radius 1 is 1.08 bits per heavy atom. The second-order valence-electron chi connectivity index (χ2n) is 8.11. The number of methoxy groups -OCH3 is 1. The first-order valence-electron chi connectivity index (χ1n) is 11.0. The summed E-state index contributed by atoms with van der Waals surface area (Å²) in [6.45, 7) is 0.354. The maximum absolute atomic E-state index is 13.5. The van der Waals surface area contributed by atoms with Gasteiger partial charge in [0.2, 0.25) is 5.91 Å². The molecule has 1 fully saturated rings. The van der Waals surface area contributed by atoms with E-state index in [0.717, 1.165) is 5.56 Å². The minimum atomic E-state index is -0.828. The van der Waals surface area contributed by atoms with Crippen molar-refractivity contribution >= 4 is 63.7 Å². The zero-order valence-electron chi connectivity index (χ0n) is 19.2. The molecular formula is C26H22Cl2FN3O3S. The van der Waals surface area contributed by atoms with Crippen LogP contribution in [0.3, 0.4) is 0 Å². The minimum absolute atomic E-state index is 0.142. The van der Waals surface area contributed by atoms with Crippen molar-refractivity contribution in [2.24, 2.45) is 0 Å². The molecule has 6 nitrogen and oxygen atoms in total. The Balaban J connectivity index is 1.57. The van der Waals surface area contributed by atoms with Crippen LogP contribution in [0.25, 0.3) is 0 Å². The Morgan fingerprint density at radius 2 is 1.78 bits per heavy atom. The van der Waals surface area contributed by atoms with E-state index in [-0.39, 0.29) is 17.4 Å². The van der Waals surface area contributed by atoms with Crippen molar-refractivity contribution in [2.45, 2.75) is 18.9 Å². The van der Waals surface area contributed by atoms with Crippen LogP contribution in [0.15, 0.2) is 66.7 Å². The van der Waals surface area contributed by atoms with Crippen LogP contribution < -0.4 is 15.0 Å². The van der Waals surface area contributed by atoms with Gasteiger partial charge in [0.1, 0.15) is 17.6 Å². The van der Waals surface area contributed by atoms with Crippen molar-refractivity contribution in [3.63, 3.8) is 0 Å². The van der Waals surface area contributed by atoms with Crippen LogP contribution in [0, 0.1) is 5.82 Å². The Labute approximate surface area is 223 Å². The maximum Gasteiger partial charge on any atom is 0.256 e. The average Bonchev–Trinajstić information content (AvgIpc) is 3.08. The van der Waals surface area contributed by atoms with Crippen molar-refractivity contribution in [3.8, 4) is 5.75 Å². The monoisotopic (exact) mass is 545 g/mol. The second kappa shape index (κ2) is 11.2. The Bertz CT molecular complexity index is 1290. The standard InChI is InChI=1S/C26H22Cl2FN3O3S/c1-35-21-10-8-20(9-11-21)32-25(34)23(15-24(33)30-19-6-4-18(29)5-7-19)31(26(32)36)13-12-16-2-3-17(27)14-22(16)28/h2-11,14,23H,12-13,15H2,1H3,(H,30,33)/t23-/m0/s1. The summed E-state index contributed by atoms with van der Waals surface area (Å²) in [5.41, 5.74) is 1.84. The molecule has 0 aromatic heterocycles. The molecule has 1 N–H and O–H groups in total. The lowest BCUT2D eigenvalue weighted by Crippen LogP contribution is -2.39. The quantitative estimate of drug-likeness (QED) is 0.367. The van der Waals surface area contributed by atoms with Gasteiger partial charge < -0.3 is 15.0 Å². The van der Waals surface area contributed by atoms with Crippen LogP contribution in [-0.4, -0.2) is 41.5 Å². The number of amides is 2. The van der Waals surface area contributed by atoms with Gasteiger partial charge in [-0.3, -0.25) is 14.5 Å². The number of ether oxygens (including phenoxy) is 1. The van der Waals surface area contributed by atoms with Gasteiger partial charge in [0.25, 0.3) is 5.91 Å². The zero-order chi connectivity index (χ0) is 25.8. The number of halogens is 3. The van der Waals surface area contributed by atoms with Gasteiger partial charge in [0, 0.05) is 22.3 Å². The number of nitrogens with zero attached hydrogens (tertiary/aromatic N) is 2. The number of thiocarbonyl (C=S) groups is 1. The summed E-state index contributed by atoms with van der Waals surface area (Å²) in [5.74, 6) is -0.484. The van der Waals surface area contributed by atoms with Crippen LogP contribution in [0.4, 0.5) is 15.8 Å². The third-order valence-corrected chi connectivity index (χ3v) is 6.80. The van der Waals surface area contributed by atoms with Crippen molar-refractivity contribution in [3.05, 3.63) is 88.2 Å². The molecule has 1 atom stereocenters. The molecule has 36 heavy (non-hydrogen) atoms. The highest BCUT2D eigenvalue weighted by Crippen LogP contribution is 2.30. The number of carbonyl (C=O) groups excluding carboxylic acids is 2. The highest BCUT2D eigenvalue weighted by Gasteiger charge is 2.44. The van der Waals surface area contributed by atoms with Crippen molar-refractivity contribution < 1.29 is 18.7 Å². The first kappa shape index (κ1) is 25.9. The molecule has 0 aliphatic carbocycles. The number of carbonyl (C=O) groups is 2. The summed E-state index contributed by atoms with van der Waals surface area (Å²) in [6.07, 6.45) is 0.341. The highest BCUT2D eigenvalue weighted by atomic mass is 35.5. The fraction of sp³-hybridized carbons (Fsp3) is 0.192. The van der Waals surface area contributed by atoms with E-state index in [4.69, 9.17) is 40.2 Å². The smallest absolute Gasteiger partial charge is 0.256 e. The summed E-state index contributed by atoms with van der Waals surface area (Å²) in [7, 11) is 1.56. The number of benzene rings is 3. The molecule has 2 amide bonds. The van der Waals surface area contributed by atoms with E-state index in [2.05, 4.69) is 5.32 Å². The molecule has 3 aromatic rings. The lowest BCUT2D eigenvalue weighted by atomic mass is 10.1. The fourth-order valence-corrected chi connectivity index (χ4v) is 4.86. The van der Waals surface area contributed by atoms with E-state index in [1.165, 1.54) is 29.2 Å². The molecule has 0 bridgehead atoms. The molecule has 1 saturated heterocycles. The summed E-state index contributed by atoms with van der Waals surface area (Å²) in [6, 6.07) is 16.7. The predicted octanol–water partition coefficient (Wildman–Crippen LogP) is 5.71. The maximum atomic E-state index is 13.5. The van der Waals surface area contributed by atoms with Crippen LogP contribution in [0.1, 0.15) is 12.0 Å². The molecular weight excluding hydrogens is 524 g/mol. The molecule has 10 heteroatoms. The topological polar surface area (TPSA) is 61.9 Å². The van der Waals surface area contributed by atoms with E-state index in [1.807, 2.05) is 6.07 Å². The van der Waals surface area contributed by atoms with Gasteiger partial charge in [-0.25, -0.2) is 4.39 Å². The Hall–Kier alpha value is -3.20. The molecule has 3 aromatic carbocycles. The molecule has 1 aliphatic rings. The molecule has 186 valence electrons. The largest absolute Gasteiger partial charge is 0.497 e. The minimum Gasteiger partial charge on any atom is -0.497 e. The van der Waals surface area contributed by atoms with E-state index in [9.17, 15) is 14.0 Å². The Morgan fingerprint density at radius 3 is 2.42 bits per heavy atom. The van der Waals surface area contributed by atoms with Gasteiger partial charge in [-0.2, -0.15) is 0 Å². The molecule has 4 rings (SSSR count). The number of nitrogens with one attached hydrogen (secondary N) is 1. The van der Waals surface area contributed by atoms with E-state index < -0.39 is 17.8 Å². The number of hydrogen-bond donors (Lipinski definition) is 1. The normalized spacial score (nSPS) is 15.4. The van der Waals surface area contributed by atoms with Gasteiger partial charge in [0.05, 0.1) is 19.2 Å². The van der Waals surface area contributed by atoms with Gasteiger partial charge in [-0.05, 0) is 84.9 Å². The summed E-state index contributed by atoms with van der Waals surface area (Å²) < 4.78 is 18.4. The van der Waals surface area contributed by atoms with E-state index in [1.54, 1.807) is 48.4 Å². The van der Waals surface area contributed by atoms with Crippen molar-refractivity contribution in [1.82, 2.24) is 4.90 Å². The van der Waals surface area contributed by atoms with Gasteiger partial charge in [-0.1, -0.05) is 29.3 Å². The zero-order valence-corrected chi connectivity index (χ0v) is 21.5. The van der Waals surface area contributed by atoms with Gasteiger partial charge >= 0.3 is 0 Å². The summed E-state index contributed by atoms with van der Waals surface area (Å²) in [5, 5.41) is 4.03. The van der Waals surface area contributed by atoms with Crippen molar-refractivity contribution in [2.75, 3.05) is 23.9 Å². The lowest BCUT2D eigenvalue weighted by molar-refractivity contribution is -0.124. The highest BCUT2D eigenvalue weighted by molar-refractivity contribution is 7.80. The SMILES string of the molecule is COc1ccc(N2C(=O)[C@H](CC(=O)Nc3ccc(F)cc3)N(CCc3ccc(Cl)cc3Cl)C2=S)cc1. The fourth-order valence-electron chi connectivity index (χ4n) is 3.94. The Kier molecular flexibility index (Phi) is 8.08. The molecule has 0 saturated carbocycles. The lowest BCUT2D eigenvalue weighted by Gasteiger charge is -2.24. The summed E-state index contributed by atoms with van der Waals surface area (Å²) >= 11 is 18.0. The average molecular weight is 546 g/mol. The van der Waals surface area contributed by atoms with E-state index >= 15 is 0 Å². The third-order valence-electron chi connectivity index (χ3n) is 5.79. The molecule has 0 radical (unpaired) electrons. The van der Waals surface area contributed by atoms with Crippen LogP contribution in [0.2, 0.25) is 10.0 Å². The van der Waals surface area contributed by atoms with Gasteiger partial charge in [-0.15, -0.1) is 0 Å². The van der Waals surface area contributed by atoms with Crippen LogP contribution in [-0.2, 0) is 16.0 Å². The predicted molar refractivity (Wildman–Crippen MR) is 143 cm³/mol. The molecule has 0 unspecified atom stereocenters. The second-order valence-corrected chi connectivity index (χ2v) is 9.32. The third kappa shape index (κ3) is 5.78. The number of anilines is 2. The first-order valence-corrected chi connectivity index (χ1v) is 12.2. The van der Waals surface area contributed by atoms with Crippen molar-refractivity contribution in [1.29, 1.82) is 0 Å². The molecule has 1 aliphatic heterocycles. The van der Waals surface area contributed by atoms with Gasteiger partial charge in [0.15, 0.2) is 5.11 Å². The van der Waals surface area contributed by atoms with E-state index in [0.29, 0.717) is 40.1 Å². The first-order chi connectivity index (χ1) is 17.3. The summed E-state index contributed by atoms with van der Waals surface area (Å²) in [4.78, 5) is 29.5. The number of rotatable bonds is 8.